The van der Waals surface area contributed by atoms with E-state index >= 15 is 0 Å². The maximum Gasteiger partial charge on any atom is 0.00200 e. The molecule has 0 bridgehead atoms. The van der Waals surface area contributed by atoms with E-state index in [1.54, 1.807) is 0 Å². The summed E-state index contributed by atoms with van der Waals surface area (Å²) in [6.07, 6.45) is 8.50. The number of hydrogen-bond acceptors (Lipinski definition) is 2. The molecule has 2 nitrogen and oxygen atoms in total. The van der Waals surface area contributed by atoms with Gasteiger partial charge < -0.3 is 10.6 Å². The minimum absolute atomic E-state index is 0.610. The molecule has 2 aliphatic rings. The lowest BCUT2D eigenvalue weighted by Gasteiger charge is -2.39. The first kappa shape index (κ1) is 9.47. The molecule has 2 fully saturated rings. The van der Waals surface area contributed by atoms with Crippen molar-refractivity contribution in [3.8, 4) is 0 Å². The third-order valence-corrected chi connectivity index (χ3v) is 3.62. The summed E-state index contributed by atoms with van der Waals surface area (Å²) in [5.74, 6) is 0. The van der Waals surface area contributed by atoms with Crippen molar-refractivity contribution < 1.29 is 0 Å². The monoisotopic (exact) mass is 182 g/mol. The van der Waals surface area contributed by atoms with Crippen LogP contribution in [0.15, 0.2) is 0 Å². The lowest BCUT2D eigenvalue weighted by molar-refractivity contribution is 0.171. The van der Waals surface area contributed by atoms with Gasteiger partial charge in [0.15, 0.2) is 0 Å². The van der Waals surface area contributed by atoms with E-state index in [0.717, 1.165) is 0 Å². The molecule has 0 radical (unpaired) electrons. The van der Waals surface area contributed by atoms with Crippen LogP contribution in [0.4, 0.5) is 0 Å². The zero-order chi connectivity index (χ0) is 8.99. The molecule has 2 N–H and O–H groups in total. The molecule has 13 heavy (non-hydrogen) atoms. The van der Waals surface area contributed by atoms with Crippen LogP contribution in [-0.2, 0) is 0 Å². The maximum absolute atomic E-state index is 3.61. The van der Waals surface area contributed by atoms with Gasteiger partial charge in [-0.2, -0.15) is 0 Å². The Kier molecular flexibility index (Phi) is 3.23. The smallest absolute Gasteiger partial charge is 0.00200 e. The summed E-state index contributed by atoms with van der Waals surface area (Å²) in [6.45, 7) is 4.98. The molecule has 0 aromatic carbocycles. The van der Waals surface area contributed by atoms with Gasteiger partial charge in [-0.25, -0.2) is 0 Å². The van der Waals surface area contributed by atoms with Crippen LogP contribution >= 0.6 is 0 Å². The summed E-state index contributed by atoms with van der Waals surface area (Å²) in [7, 11) is 0. The second-order valence-electron chi connectivity index (χ2n) is 4.77. The Bertz CT molecular complexity index is 140. The van der Waals surface area contributed by atoms with E-state index in [9.17, 15) is 0 Å². The Balaban J connectivity index is 1.91. The van der Waals surface area contributed by atoms with Crippen LogP contribution in [0.5, 0.6) is 0 Å². The molecular weight excluding hydrogens is 160 g/mol. The molecule has 2 saturated heterocycles. The van der Waals surface area contributed by atoms with Gasteiger partial charge >= 0.3 is 0 Å². The fourth-order valence-electron chi connectivity index (χ4n) is 2.76. The lowest BCUT2D eigenvalue weighted by atomic mass is 9.75. The molecule has 76 valence electrons. The summed E-state index contributed by atoms with van der Waals surface area (Å²) in [5.41, 5.74) is 0.610. The van der Waals surface area contributed by atoms with E-state index in [1.807, 2.05) is 0 Å². The summed E-state index contributed by atoms with van der Waals surface area (Å²) < 4.78 is 0. The first-order valence-electron chi connectivity index (χ1n) is 5.83. The Morgan fingerprint density at radius 1 is 0.692 bits per heavy atom. The van der Waals surface area contributed by atoms with Gasteiger partial charge in [-0.15, -0.1) is 0 Å². The van der Waals surface area contributed by atoms with Crippen LogP contribution in [0.25, 0.3) is 0 Å². The largest absolute Gasteiger partial charge is 0.316 e. The predicted octanol–water partition coefficient (Wildman–Crippen LogP) is 1.52. The van der Waals surface area contributed by atoms with E-state index in [1.165, 1.54) is 64.7 Å². The number of hydrogen-bond donors (Lipinski definition) is 2. The molecule has 0 aliphatic carbocycles. The van der Waals surface area contributed by atoms with Crippen LogP contribution in [0.3, 0.4) is 0 Å². The average Bonchev–Trinajstić information content (AvgIpc) is 2.14. The van der Waals surface area contributed by atoms with Gasteiger partial charge in [0.05, 0.1) is 0 Å². The van der Waals surface area contributed by atoms with Crippen molar-refractivity contribution in [1.29, 1.82) is 0 Å². The van der Waals surface area contributed by atoms with Crippen molar-refractivity contribution in [2.24, 2.45) is 5.41 Å². The lowest BCUT2D eigenvalue weighted by Crippen LogP contribution is -2.47. The molecule has 2 heteroatoms. The fraction of sp³-hybridized carbons (Fsp3) is 1.00. The third-order valence-electron chi connectivity index (χ3n) is 3.62. The Morgan fingerprint density at radius 3 is 2.08 bits per heavy atom. The van der Waals surface area contributed by atoms with Crippen LogP contribution in [-0.4, -0.2) is 26.2 Å². The minimum atomic E-state index is 0.610. The highest BCUT2D eigenvalue weighted by Gasteiger charge is 2.31. The van der Waals surface area contributed by atoms with Gasteiger partial charge in [0.1, 0.15) is 0 Å². The maximum atomic E-state index is 3.61. The molecule has 0 amide bonds. The van der Waals surface area contributed by atoms with Crippen LogP contribution in [0, 0.1) is 5.41 Å². The first-order valence-corrected chi connectivity index (χ1v) is 5.83. The van der Waals surface area contributed by atoms with Crippen LogP contribution in [0.1, 0.15) is 38.5 Å². The van der Waals surface area contributed by atoms with Crippen LogP contribution < -0.4 is 10.6 Å². The highest BCUT2D eigenvalue weighted by molar-refractivity contribution is 4.88. The van der Waals surface area contributed by atoms with Gasteiger partial charge in [0.2, 0.25) is 0 Å². The molecular formula is C11H22N2. The number of rotatable bonds is 0. The van der Waals surface area contributed by atoms with E-state index in [-0.39, 0.29) is 0 Å². The molecule has 1 spiro atoms. The summed E-state index contributed by atoms with van der Waals surface area (Å²) in [5, 5.41) is 7.16. The van der Waals surface area contributed by atoms with Crippen molar-refractivity contribution in [3.63, 3.8) is 0 Å². The normalized spacial score (nSPS) is 36.9. The molecule has 0 saturated carbocycles. The topological polar surface area (TPSA) is 24.1 Å². The van der Waals surface area contributed by atoms with Crippen molar-refractivity contribution in [2.75, 3.05) is 26.2 Å². The first-order chi connectivity index (χ1) is 6.41. The summed E-state index contributed by atoms with van der Waals surface area (Å²) >= 11 is 0. The quantitative estimate of drug-likeness (QED) is 0.593. The van der Waals surface area contributed by atoms with Crippen molar-refractivity contribution in [2.45, 2.75) is 38.5 Å². The van der Waals surface area contributed by atoms with Crippen molar-refractivity contribution in [3.05, 3.63) is 0 Å². The Labute approximate surface area is 81.5 Å². The fourth-order valence-corrected chi connectivity index (χ4v) is 2.76. The molecule has 0 aromatic heterocycles. The van der Waals surface area contributed by atoms with Gasteiger partial charge in [-0.1, -0.05) is 12.8 Å². The van der Waals surface area contributed by atoms with Gasteiger partial charge in [-0.3, -0.25) is 0 Å². The molecule has 2 heterocycles. The molecule has 1 atom stereocenters. The van der Waals surface area contributed by atoms with Gasteiger partial charge in [-0.05, 0) is 44.2 Å². The summed E-state index contributed by atoms with van der Waals surface area (Å²) in [6, 6.07) is 0. The predicted molar refractivity (Wildman–Crippen MR) is 55.9 cm³/mol. The minimum Gasteiger partial charge on any atom is -0.316 e. The standard InChI is InChI=1S/C11H22N2/c1-2-5-11(9-12-7-3-1)6-4-8-13-10-11/h12-13H,1-10H2. The van der Waals surface area contributed by atoms with E-state index in [4.69, 9.17) is 0 Å². The highest BCUT2D eigenvalue weighted by atomic mass is 14.9. The zero-order valence-electron chi connectivity index (χ0n) is 8.57. The molecule has 0 aromatic rings. The van der Waals surface area contributed by atoms with Crippen molar-refractivity contribution in [1.82, 2.24) is 10.6 Å². The number of piperidine rings is 1. The number of nitrogens with one attached hydrogen (secondary N) is 2. The third kappa shape index (κ3) is 2.44. The molecule has 2 rings (SSSR count). The average molecular weight is 182 g/mol. The zero-order valence-corrected chi connectivity index (χ0v) is 8.57. The highest BCUT2D eigenvalue weighted by Crippen LogP contribution is 2.32. The molecule has 1 unspecified atom stereocenters. The SMILES string of the molecule is C1CCNCC2(CC1)CCCNC2. The molecule has 2 aliphatic heterocycles. The van der Waals surface area contributed by atoms with Gasteiger partial charge in [0, 0.05) is 13.1 Å². The second-order valence-corrected chi connectivity index (χ2v) is 4.77. The van der Waals surface area contributed by atoms with E-state index in [0.29, 0.717) is 5.41 Å². The van der Waals surface area contributed by atoms with E-state index < -0.39 is 0 Å². The summed E-state index contributed by atoms with van der Waals surface area (Å²) in [4.78, 5) is 0. The van der Waals surface area contributed by atoms with Crippen LogP contribution in [0.2, 0.25) is 0 Å². The van der Waals surface area contributed by atoms with E-state index in [2.05, 4.69) is 10.6 Å². The van der Waals surface area contributed by atoms with Crippen molar-refractivity contribution >= 4 is 0 Å². The second kappa shape index (κ2) is 4.43. The Morgan fingerprint density at radius 2 is 1.38 bits per heavy atom. The van der Waals surface area contributed by atoms with Gasteiger partial charge in [0.25, 0.3) is 0 Å². The Hall–Kier alpha value is -0.0800.